The van der Waals surface area contributed by atoms with Crippen LogP contribution in [0.1, 0.15) is 19.8 Å². The van der Waals surface area contributed by atoms with Crippen LogP contribution in [0.2, 0.25) is 0 Å². The molecule has 0 saturated carbocycles. The van der Waals surface area contributed by atoms with Crippen LogP contribution < -0.4 is 10.6 Å². The van der Waals surface area contributed by atoms with Crippen LogP contribution in [0.25, 0.3) is 0 Å². The van der Waals surface area contributed by atoms with Crippen molar-refractivity contribution in [3.05, 3.63) is 34.1 Å². The molecule has 1 rings (SSSR count). The average Bonchev–Trinajstić information content (AvgIpc) is 2.40. The maximum absolute atomic E-state index is 13.5. The van der Waals surface area contributed by atoms with E-state index in [2.05, 4.69) is 10.6 Å². The Morgan fingerprint density at radius 3 is 2.67 bits per heavy atom. The summed E-state index contributed by atoms with van der Waals surface area (Å²) in [6.07, 6.45) is 0.739. The molecule has 0 aliphatic carbocycles. The van der Waals surface area contributed by atoms with Crippen molar-refractivity contribution in [2.45, 2.75) is 25.8 Å². The number of rotatable bonds is 6. The number of anilines is 1. The smallest absolute Gasteiger partial charge is 0.326 e. The fourth-order valence-electron chi connectivity index (χ4n) is 1.59. The van der Waals surface area contributed by atoms with E-state index in [1.165, 1.54) is 0 Å². The van der Waals surface area contributed by atoms with Gasteiger partial charge in [-0.05, 0) is 12.5 Å². The van der Waals surface area contributed by atoms with Gasteiger partial charge in [-0.3, -0.25) is 10.1 Å². The third-order valence-corrected chi connectivity index (χ3v) is 2.59. The lowest BCUT2D eigenvalue weighted by atomic mass is 10.2. The van der Waals surface area contributed by atoms with E-state index < -0.39 is 40.2 Å². The van der Waals surface area contributed by atoms with E-state index in [0.717, 1.165) is 18.2 Å². The van der Waals surface area contributed by atoms with E-state index in [1.54, 1.807) is 6.92 Å². The van der Waals surface area contributed by atoms with Gasteiger partial charge in [0.05, 0.1) is 10.6 Å². The first-order valence-corrected chi connectivity index (χ1v) is 6.09. The van der Waals surface area contributed by atoms with Gasteiger partial charge in [0.1, 0.15) is 11.9 Å². The first-order valence-electron chi connectivity index (χ1n) is 6.09. The number of nitro groups is 1. The molecule has 3 N–H and O–H groups in total. The van der Waals surface area contributed by atoms with E-state index in [9.17, 15) is 24.1 Å². The first-order chi connectivity index (χ1) is 9.85. The summed E-state index contributed by atoms with van der Waals surface area (Å²) < 4.78 is 13.5. The summed E-state index contributed by atoms with van der Waals surface area (Å²) in [4.78, 5) is 32.3. The zero-order valence-electron chi connectivity index (χ0n) is 11.1. The average molecular weight is 299 g/mol. The summed E-state index contributed by atoms with van der Waals surface area (Å²) in [6.45, 7) is 1.75. The zero-order chi connectivity index (χ0) is 16.0. The molecule has 0 saturated heterocycles. The number of carbonyl (C=O) groups excluding carboxylic acids is 1. The van der Waals surface area contributed by atoms with Gasteiger partial charge in [0.25, 0.3) is 5.69 Å². The molecule has 0 spiro atoms. The Kier molecular flexibility index (Phi) is 5.58. The van der Waals surface area contributed by atoms with Gasteiger partial charge < -0.3 is 15.7 Å². The molecule has 114 valence electrons. The molecule has 1 aromatic rings. The van der Waals surface area contributed by atoms with Crippen LogP contribution in [0.5, 0.6) is 0 Å². The van der Waals surface area contributed by atoms with Gasteiger partial charge in [0.2, 0.25) is 0 Å². The van der Waals surface area contributed by atoms with Crippen molar-refractivity contribution in [2.24, 2.45) is 0 Å². The Bertz CT molecular complexity index is 564. The number of non-ortho nitro benzene ring substituents is 1. The number of aliphatic carboxylic acids is 1. The van der Waals surface area contributed by atoms with Crippen LogP contribution in [-0.4, -0.2) is 28.1 Å². The van der Waals surface area contributed by atoms with Crippen LogP contribution >= 0.6 is 0 Å². The summed E-state index contributed by atoms with van der Waals surface area (Å²) in [5.74, 6) is -2.08. The third kappa shape index (κ3) is 4.71. The molecular formula is C12H14FN3O5. The molecule has 8 nitrogen and oxygen atoms in total. The van der Waals surface area contributed by atoms with Crippen molar-refractivity contribution in [3.63, 3.8) is 0 Å². The van der Waals surface area contributed by atoms with E-state index in [-0.39, 0.29) is 6.42 Å². The summed E-state index contributed by atoms with van der Waals surface area (Å²) >= 11 is 0. The minimum atomic E-state index is -1.22. The predicted octanol–water partition coefficient (Wildman–Crippen LogP) is 2.11. The highest BCUT2D eigenvalue weighted by Crippen LogP contribution is 2.21. The highest BCUT2D eigenvalue weighted by atomic mass is 19.1. The standard InChI is InChI=1S/C12H14FN3O5/c1-2-3-9(11(17)18)14-12(19)15-10-6-7(16(20)21)4-5-8(10)13/h4-6,9H,2-3H2,1H3,(H,17,18)(H2,14,15,19)/t9-/m0/s1. The van der Waals surface area contributed by atoms with Gasteiger partial charge >= 0.3 is 12.0 Å². The fourth-order valence-corrected chi connectivity index (χ4v) is 1.59. The Morgan fingerprint density at radius 1 is 1.48 bits per heavy atom. The molecular weight excluding hydrogens is 285 g/mol. The molecule has 0 aromatic heterocycles. The Balaban J connectivity index is 2.80. The second-order valence-electron chi connectivity index (χ2n) is 4.20. The lowest BCUT2D eigenvalue weighted by molar-refractivity contribution is -0.384. The van der Waals surface area contributed by atoms with Crippen molar-refractivity contribution in [2.75, 3.05) is 5.32 Å². The Morgan fingerprint density at radius 2 is 2.14 bits per heavy atom. The molecule has 0 aliphatic rings. The van der Waals surface area contributed by atoms with Gasteiger partial charge in [-0.1, -0.05) is 13.3 Å². The van der Waals surface area contributed by atoms with Crippen molar-refractivity contribution < 1.29 is 24.0 Å². The van der Waals surface area contributed by atoms with Gasteiger partial charge in [-0.2, -0.15) is 0 Å². The van der Waals surface area contributed by atoms with Crippen molar-refractivity contribution in [3.8, 4) is 0 Å². The maximum atomic E-state index is 13.5. The number of urea groups is 1. The molecule has 0 heterocycles. The summed E-state index contributed by atoms with van der Waals surface area (Å²) in [5.41, 5.74) is -0.794. The zero-order valence-corrected chi connectivity index (χ0v) is 11.1. The maximum Gasteiger partial charge on any atom is 0.326 e. The normalized spacial score (nSPS) is 11.5. The lowest BCUT2D eigenvalue weighted by Gasteiger charge is -2.14. The minimum Gasteiger partial charge on any atom is -0.480 e. The molecule has 0 fully saturated rings. The molecule has 0 aliphatic heterocycles. The van der Waals surface area contributed by atoms with Crippen LogP contribution in [0.4, 0.5) is 20.6 Å². The number of hydrogen-bond donors (Lipinski definition) is 3. The van der Waals surface area contributed by atoms with Gasteiger partial charge in [0.15, 0.2) is 0 Å². The number of benzene rings is 1. The van der Waals surface area contributed by atoms with E-state index in [4.69, 9.17) is 5.11 Å². The summed E-state index contributed by atoms with van der Waals surface area (Å²) in [7, 11) is 0. The monoisotopic (exact) mass is 299 g/mol. The van der Waals surface area contributed by atoms with Crippen LogP contribution in [0.15, 0.2) is 18.2 Å². The number of hydrogen-bond acceptors (Lipinski definition) is 4. The van der Waals surface area contributed by atoms with Gasteiger partial charge in [-0.15, -0.1) is 0 Å². The molecule has 2 amide bonds. The largest absolute Gasteiger partial charge is 0.480 e. The summed E-state index contributed by atoms with van der Waals surface area (Å²) in [5, 5.41) is 23.7. The molecule has 0 radical (unpaired) electrons. The number of amides is 2. The molecule has 0 unspecified atom stereocenters. The number of carboxylic acid groups (broad SMARTS) is 1. The molecule has 21 heavy (non-hydrogen) atoms. The fraction of sp³-hybridized carbons (Fsp3) is 0.333. The Hall–Kier alpha value is -2.71. The van der Waals surface area contributed by atoms with E-state index in [0.29, 0.717) is 6.42 Å². The highest BCUT2D eigenvalue weighted by Gasteiger charge is 2.20. The number of halogens is 1. The molecule has 9 heteroatoms. The van der Waals surface area contributed by atoms with Gasteiger partial charge in [-0.25, -0.2) is 14.0 Å². The predicted molar refractivity (Wildman–Crippen MR) is 71.5 cm³/mol. The number of nitro benzene ring substituents is 1. The summed E-state index contributed by atoms with van der Waals surface area (Å²) in [6, 6.07) is 0.584. The van der Waals surface area contributed by atoms with E-state index >= 15 is 0 Å². The third-order valence-electron chi connectivity index (χ3n) is 2.59. The first kappa shape index (κ1) is 16.3. The molecule has 0 bridgehead atoms. The lowest BCUT2D eigenvalue weighted by Crippen LogP contribution is -2.43. The minimum absolute atomic E-state index is 0.209. The SMILES string of the molecule is CCC[C@H](NC(=O)Nc1cc([N+](=O)[O-])ccc1F)C(=O)O. The quantitative estimate of drug-likeness (QED) is 0.548. The van der Waals surface area contributed by atoms with E-state index in [1.807, 2.05) is 0 Å². The second-order valence-corrected chi connectivity index (χ2v) is 4.20. The van der Waals surface area contributed by atoms with Crippen LogP contribution in [0.3, 0.4) is 0 Å². The van der Waals surface area contributed by atoms with Crippen molar-refractivity contribution in [1.29, 1.82) is 0 Å². The van der Waals surface area contributed by atoms with Gasteiger partial charge in [0, 0.05) is 12.1 Å². The topological polar surface area (TPSA) is 122 Å². The number of carboxylic acids is 1. The molecule has 1 atom stereocenters. The van der Waals surface area contributed by atoms with Crippen LogP contribution in [0, 0.1) is 15.9 Å². The number of carbonyl (C=O) groups is 2. The molecule has 1 aromatic carbocycles. The van der Waals surface area contributed by atoms with Crippen molar-refractivity contribution in [1.82, 2.24) is 5.32 Å². The number of nitrogens with zero attached hydrogens (tertiary/aromatic N) is 1. The Labute approximate surface area is 119 Å². The second kappa shape index (κ2) is 7.17. The number of nitrogens with one attached hydrogen (secondary N) is 2. The van der Waals surface area contributed by atoms with Crippen LogP contribution in [-0.2, 0) is 4.79 Å². The van der Waals surface area contributed by atoms with Crippen molar-refractivity contribution >= 4 is 23.4 Å². The highest BCUT2D eigenvalue weighted by molar-refractivity contribution is 5.92.